The number of amides is 1. The standard InChI is InChI=1S/C16H20ClN5O3S/c1-2-26(24,25)21-7-5-12(6-8-21)16(23)20-14-9-13(17)3-4-15(14)22-11-18-10-19-22/h3-4,9-12H,2,5-8H2,1H3,(H,20,23). The summed E-state index contributed by atoms with van der Waals surface area (Å²) in [7, 11) is -3.21. The van der Waals surface area contributed by atoms with E-state index in [4.69, 9.17) is 11.6 Å². The lowest BCUT2D eigenvalue weighted by Crippen LogP contribution is -2.42. The molecule has 2 aromatic rings. The summed E-state index contributed by atoms with van der Waals surface area (Å²) in [6.07, 6.45) is 3.92. The quantitative estimate of drug-likeness (QED) is 0.831. The molecule has 1 amide bonds. The van der Waals surface area contributed by atoms with Crippen molar-refractivity contribution < 1.29 is 13.2 Å². The lowest BCUT2D eigenvalue weighted by Gasteiger charge is -2.30. The number of carbonyl (C=O) groups is 1. The molecule has 26 heavy (non-hydrogen) atoms. The topological polar surface area (TPSA) is 97.2 Å². The molecule has 0 spiro atoms. The van der Waals surface area contributed by atoms with E-state index in [0.717, 1.165) is 0 Å². The highest BCUT2D eigenvalue weighted by atomic mass is 35.5. The van der Waals surface area contributed by atoms with E-state index in [9.17, 15) is 13.2 Å². The maximum atomic E-state index is 12.7. The molecule has 1 saturated heterocycles. The second-order valence-electron chi connectivity index (χ2n) is 6.06. The highest BCUT2D eigenvalue weighted by Gasteiger charge is 2.30. The van der Waals surface area contributed by atoms with E-state index in [-0.39, 0.29) is 17.6 Å². The summed E-state index contributed by atoms with van der Waals surface area (Å²) in [5.41, 5.74) is 1.20. The SMILES string of the molecule is CCS(=O)(=O)N1CCC(C(=O)Nc2cc(Cl)ccc2-n2cncn2)CC1. The first-order chi connectivity index (χ1) is 12.4. The lowest BCUT2D eigenvalue weighted by atomic mass is 9.97. The van der Waals surface area contributed by atoms with Gasteiger partial charge in [-0.25, -0.2) is 22.4 Å². The lowest BCUT2D eigenvalue weighted by molar-refractivity contribution is -0.120. The Hall–Kier alpha value is -1.97. The fraction of sp³-hybridized carbons (Fsp3) is 0.438. The van der Waals surface area contributed by atoms with E-state index < -0.39 is 10.0 Å². The van der Waals surface area contributed by atoms with Gasteiger partial charge in [-0.15, -0.1) is 0 Å². The summed E-state index contributed by atoms with van der Waals surface area (Å²) in [5.74, 6) is -0.323. The number of aromatic nitrogens is 3. The Kier molecular flexibility index (Phi) is 5.59. The van der Waals surface area contributed by atoms with Gasteiger partial charge in [0, 0.05) is 24.0 Å². The van der Waals surface area contributed by atoms with Gasteiger partial charge in [-0.1, -0.05) is 11.6 Å². The van der Waals surface area contributed by atoms with Crippen LogP contribution in [-0.2, 0) is 14.8 Å². The summed E-state index contributed by atoms with van der Waals surface area (Å²) >= 11 is 6.06. The van der Waals surface area contributed by atoms with E-state index >= 15 is 0 Å². The van der Waals surface area contributed by atoms with Crippen molar-refractivity contribution in [2.75, 3.05) is 24.2 Å². The van der Waals surface area contributed by atoms with Crippen LogP contribution in [0.4, 0.5) is 5.69 Å². The molecule has 0 bridgehead atoms. The van der Waals surface area contributed by atoms with Crippen LogP contribution in [0.3, 0.4) is 0 Å². The van der Waals surface area contributed by atoms with Gasteiger partial charge in [0.25, 0.3) is 0 Å². The molecule has 0 atom stereocenters. The average Bonchev–Trinajstić information content (AvgIpc) is 3.16. The minimum atomic E-state index is -3.21. The molecule has 10 heteroatoms. The largest absolute Gasteiger partial charge is 0.324 e. The zero-order valence-electron chi connectivity index (χ0n) is 14.3. The number of hydrogen-bond acceptors (Lipinski definition) is 5. The Morgan fingerprint density at radius 2 is 2.08 bits per heavy atom. The molecule has 1 N–H and O–H groups in total. The molecule has 1 aliphatic heterocycles. The van der Waals surface area contributed by atoms with E-state index in [0.29, 0.717) is 42.3 Å². The molecule has 1 fully saturated rings. The highest BCUT2D eigenvalue weighted by Crippen LogP contribution is 2.26. The Labute approximate surface area is 157 Å². The third kappa shape index (κ3) is 4.05. The molecule has 3 rings (SSSR count). The molecule has 0 radical (unpaired) electrons. The fourth-order valence-electron chi connectivity index (χ4n) is 2.95. The second-order valence-corrected chi connectivity index (χ2v) is 8.76. The molecule has 0 unspecified atom stereocenters. The summed E-state index contributed by atoms with van der Waals surface area (Å²) in [4.78, 5) is 16.6. The van der Waals surface area contributed by atoms with Gasteiger partial charge < -0.3 is 5.32 Å². The minimum absolute atomic E-state index is 0.0770. The summed E-state index contributed by atoms with van der Waals surface area (Å²) < 4.78 is 26.9. The molecule has 1 aromatic carbocycles. The molecular weight excluding hydrogens is 378 g/mol. The molecule has 140 valence electrons. The van der Waals surface area contributed by atoms with E-state index in [1.54, 1.807) is 29.8 Å². The highest BCUT2D eigenvalue weighted by molar-refractivity contribution is 7.89. The van der Waals surface area contributed by atoms with Crippen molar-refractivity contribution in [1.29, 1.82) is 0 Å². The first-order valence-electron chi connectivity index (χ1n) is 8.34. The second kappa shape index (κ2) is 7.73. The van der Waals surface area contributed by atoms with E-state index in [2.05, 4.69) is 15.4 Å². The molecule has 0 aliphatic carbocycles. The minimum Gasteiger partial charge on any atom is -0.324 e. The summed E-state index contributed by atoms with van der Waals surface area (Å²) in [6, 6.07) is 5.12. The third-order valence-corrected chi connectivity index (χ3v) is 6.58. The number of rotatable bonds is 5. The summed E-state index contributed by atoms with van der Waals surface area (Å²) in [6.45, 7) is 2.35. The van der Waals surface area contributed by atoms with Crippen molar-refractivity contribution in [2.24, 2.45) is 5.92 Å². The number of benzene rings is 1. The van der Waals surface area contributed by atoms with Gasteiger partial charge in [-0.3, -0.25) is 4.79 Å². The normalized spacial score (nSPS) is 16.5. The number of carbonyl (C=O) groups excluding carboxylic acids is 1. The Bertz CT molecular complexity index is 877. The Morgan fingerprint density at radius 1 is 1.35 bits per heavy atom. The van der Waals surface area contributed by atoms with Crippen molar-refractivity contribution in [1.82, 2.24) is 19.1 Å². The first-order valence-corrected chi connectivity index (χ1v) is 10.3. The van der Waals surface area contributed by atoms with Crippen LogP contribution in [-0.4, -0.2) is 52.2 Å². The van der Waals surface area contributed by atoms with Crippen molar-refractivity contribution >= 4 is 33.2 Å². The van der Waals surface area contributed by atoms with Gasteiger partial charge in [0.15, 0.2) is 0 Å². The number of sulfonamides is 1. The zero-order chi connectivity index (χ0) is 18.7. The molecule has 1 aromatic heterocycles. The number of anilines is 1. The maximum absolute atomic E-state index is 12.7. The number of piperidine rings is 1. The van der Waals surface area contributed by atoms with Gasteiger partial charge in [0.05, 0.1) is 17.1 Å². The van der Waals surface area contributed by atoms with Crippen LogP contribution in [0.25, 0.3) is 5.69 Å². The maximum Gasteiger partial charge on any atom is 0.227 e. The molecule has 8 nitrogen and oxygen atoms in total. The predicted octanol–water partition coefficient (Wildman–Crippen LogP) is 1.92. The van der Waals surface area contributed by atoms with Gasteiger partial charge in [0.1, 0.15) is 12.7 Å². The van der Waals surface area contributed by atoms with Crippen molar-refractivity contribution in [3.8, 4) is 5.69 Å². The molecular formula is C16H20ClN5O3S. The fourth-order valence-corrected chi connectivity index (χ4v) is 4.26. The zero-order valence-corrected chi connectivity index (χ0v) is 15.9. The van der Waals surface area contributed by atoms with Gasteiger partial charge in [-0.05, 0) is 38.0 Å². The van der Waals surface area contributed by atoms with Crippen molar-refractivity contribution in [3.05, 3.63) is 35.9 Å². The molecule has 2 heterocycles. The monoisotopic (exact) mass is 397 g/mol. The Balaban J connectivity index is 1.71. The summed E-state index contributed by atoms with van der Waals surface area (Å²) in [5, 5.41) is 7.47. The van der Waals surface area contributed by atoms with Gasteiger partial charge in [-0.2, -0.15) is 5.10 Å². The predicted molar refractivity (Wildman–Crippen MR) is 98.8 cm³/mol. The Morgan fingerprint density at radius 3 is 2.69 bits per heavy atom. The molecule has 1 aliphatic rings. The van der Waals surface area contributed by atoms with Gasteiger partial charge in [0.2, 0.25) is 15.9 Å². The van der Waals surface area contributed by atoms with Gasteiger partial charge >= 0.3 is 0 Å². The third-order valence-electron chi connectivity index (χ3n) is 4.46. The molecule has 0 saturated carbocycles. The van der Waals surface area contributed by atoms with Crippen molar-refractivity contribution in [2.45, 2.75) is 19.8 Å². The first kappa shape index (κ1) is 18.8. The smallest absolute Gasteiger partial charge is 0.227 e. The number of hydrogen-bond donors (Lipinski definition) is 1. The number of nitrogens with one attached hydrogen (secondary N) is 1. The van der Waals surface area contributed by atoms with E-state index in [1.165, 1.54) is 17.0 Å². The average molecular weight is 398 g/mol. The van der Waals surface area contributed by atoms with Crippen LogP contribution < -0.4 is 5.32 Å². The number of halogens is 1. The van der Waals surface area contributed by atoms with E-state index in [1.807, 2.05) is 0 Å². The van der Waals surface area contributed by atoms with Crippen LogP contribution in [0.5, 0.6) is 0 Å². The van der Waals surface area contributed by atoms with Crippen LogP contribution >= 0.6 is 11.6 Å². The van der Waals surface area contributed by atoms with Crippen LogP contribution in [0, 0.1) is 5.92 Å². The number of nitrogens with zero attached hydrogens (tertiary/aromatic N) is 4. The van der Waals surface area contributed by atoms with Crippen molar-refractivity contribution in [3.63, 3.8) is 0 Å². The van der Waals surface area contributed by atoms with Crippen LogP contribution in [0.2, 0.25) is 5.02 Å². The van der Waals surface area contributed by atoms with Crippen LogP contribution in [0.1, 0.15) is 19.8 Å². The van der Waals surface area contributed by atoms with Crippen LogP contribution in [0.15, 0.2) is 30.9 Å².